The van der Waals surface area contributed by atoms with Crippen LogP contribution in [0.25, 0.3) is 0 Å². The molecule has 2 N–H and O–H groups in total. The average molecular weight is 229 g/mol. The summed E-state index contributed by atoms with van der Waals surface area (Å²) < 4.78 is 5.19. The molecule has 0 heterocycles. The SMILES string of the molecule is OCCOCCCNCCC1CCCCC1. The van der Waals surface area contributed by atoms with Gasteiger partial charge in [-0.3, -0.25) is 0 Å². The van der Waals surface area contributed by atoms with Crippen LogP contribution in [0, 0.1) is 5.92 Å². The minimum absolute atomic E-state index is 0.134. The van der Waals surface area contributed by atoms with E-state index in [1.807, 2.05) is 0 Å². The number of hydrogen-bond donors (Lipinski definition) is 2. The van der Waals surface area contributed by atoms with Gasteiger partial charge in [-0.25, -0.2) is 0 Å². The zero-order chi connectivity index (χ0) is 11.5. The van der Waals surface area contributed by atoms with Crippen molar-refractivity contribution in [1.29, 1.82) is 0 Å². The third-order valence-electron chi connectivity index (χ3n) is 3.33. The third kappa shape index (κ3) is 7.20. The lowest BCUT2D eigenvalue weighted by Gasteiger charge is -2.21. The molecule has 1 aliphatic rings. The minimum atomic E-state index is 0.134. The van der Waals surface area contributed by atoms with Gasteiger partial charge >= 0.3 is 0 Å². The number of aliphatic hydroxyl groups is 1. The molecule has 3 heteroatoms. The van der Waals surface area contributed by atoms with Gasteiger partial charge in [-0.15, -0.1) is 0 Å². The molecule has 0 amide bonds. The predicted octanol–water partition coefficient (Wildman–Crippen LogP) is 1.95. The maximum absolute atomic E-state index is 8.51. The Kier molecular flexibility index (Phi) is 8.77. The summed E-state index contributed by atoms with van der Waals surface area (Å²) in [7, 11) is 0. The number of rotatable bonds is 9. The molecule has 0 aromatic rings. The molecule has 0 bridgehead atoms. The van der Waals surface area contributed by atoms with E-state index in [0.29, 0.717) is 6.61 Å². The smallest absolute Gasteiger partial charge is 0.0697 e. The summed E-state index contributed by atoms with van der Waals surface area (Å²) in [4.78, 5) is 0. The van der Waals surface area contributed by atoms with E-state index in [4.69, 9.17) is 9.84 Å². The lowest BCUT2D eigenvalue weighted by atomic mass is 9.87. The zero-order valence-electron chi connectivity index (χ0n) is 10.4. The second kappa shape index (κ2) is 10.1. The van der Waals surface area contributed by atoms with Crippen molar-refractivity contribution in [3.05, 3.63) is 0 Å². The van der Waals surface area contributed by atoms with E-state index in [2.05, 4.69) is 5.32 Å². The molecule has 0 saturated heterocycles. The van der Waals surface area contributed by atoms with E-state index in [0.717, 1.165) is 32.0 Å². The van der Waals surface area contributed by atoms with E-state index in [1.54, 1.807) is 0 Å². The first-order valence-corrected chi connectivity index (χ1v) is 6.83. The van der Waals surface area contributed by atoms with Gasteiger partial charge in [0.15, 0.2) is 0 Å². The summed E-state index contributed by atoms with van der Waals surface area (Å²) in [5.41, 5.74) is 0. The Morgan fingerprint density at radius 3 is 2.62 bits per heavy atom. The fourth-order valence-corrected chi connectivity index (χ4v) is 2.37. The molecule has 0 aromatic heterocycles. The molecule has 1 saturated carbocycles. The Bertz CT molecular complexity index is 147. The monoisotopic (exact) mass is 229 g/mol. The standard InChI is InChI=1S/C13H27NO2/c15-10-12-16-11-4-8-14-9-7-13-5-2-1-3-6-13/h13-15H,1-12H2. The molecule has 1 rings (SSSR count). The van der Waals surface area contributed by atoms with Crippen molar-refractivity contribution in [2.24, 2.45) is 5.92 Å². The molecule has 3 nitrogen and oxygen atoms in total. The van der Waals surface area contributed by atoms with Gasteiger partial charge in [0.05, 0.1) is 13.2 Å². The molecule has 0 aromatic carbocycles. The molecule has 1 fully saturated rings. The number of hydrogen-bond acceptors (Lipinski definition) is 3. The van der Waals surface area contributed by atoms with Gasteiger partial charge in [-0.1, -0.05) is 32.1 Å². The fraction of sp³-hybridized carbons (Fsp3) is 1.00. The first-order chi connectivity index (χ1) is 7.93. The van der Waals surface area contributed by atoms with Crippen LogP contribution in [0.4, 0.5) is 0 Å². The summed E-state index contributed by atoms with van der Waals surface area (Å²) in [5, 5.41) is 12.0. The third-order valence-corrected chi connectivity index (χ3v) is 3.33. The van der Waals surface area contributed by atoms with Crippen LogP contribution in [0.5, 0.6) is 0 Å². The topological polar surface area (TPSA) is 41.5 Å². The summed E-state index contributed by atoms with van der Waals surface area (Å²) >= 11 is 0. The summed E-state index contributed by atoms with van der Waals surface area (Å²) in [5.74, 6) is 0.979. The van der Waals surface area contributed by atoms with Gasteiger partial charge in [0.2, 0.25) is 0 Å². The molecule has 0 unspecified atom stereocenters. The first kappa shape index (κ1) is 13.9. The normalized spacial score (nSPS) is 17.8. The van der Waals surface area contributed by atoms with E-state index in [-0.39, 0.29) is 6.61 Å². The average Bonchev–Trinajstić information content (AvgIpc) is 2.34. The molecule has 16 heavy (non-hydrogen) atoms. The van der Waals surface area contributed by atoms with Crippen LogP contribution < -0.4 is 5.32 Å². The number of ether oxygens (including phenoxy) is 1. The van der Waals surface area contributed by atoms with E-state index in [1.165, 1.54) is 38.5 Å². The van der Waals surface area contributed by atoms with Crippen LogP contribution in [-0.4, -0.2) is 38.0 Å². The van der Waals surface area contributed by atoms with Crippen molar-refractivity contribution in [3.8, 4) is 0 Å². The fourth-order valence-electron chi connectivity index (χ4n) is 2.37. The Morgan fingerprint density at radius 1 is 1.06 bits per heavy atom. The summed E-state index contributed by atoms with van der Waals surface area (Å²) in [6.07, 6.45) is 9.62. The quantitative estimate of drug-likeness (QED) is 0.594. The van der Waals surface area contributed by atoms with Crippen LogP contribution in [0.2, 0.25) is 0 Å². The highest BCUT2D eigenvalue weighted by atomic mass is 16.5. The zero-order valence-corrected chi connectivity index (χ0v) is 10.4. The van der Waals surface area contributed by atoms with Crippen molar-refractivity contribution in [3.63, 3.8) is 0 Å². The van der Waals surface area contributed by atoms with Crippen LogP contribution in [0.1, 0.15) is 44.9 Å². The lowest BCUT2D eigenvalue weighted by Crippen LogP contribution is -2.21. The molecule has 0 aliphatic heterocycles. The lowest BCUT2D eigenvalue weighted by molar-refractivity contribution is 0.0907. The van der Waals surface area contributed by atoms with Gasteiger partial charge in [0.1, 0.15) is 0 Å². The Balaban J connectivity index is 1.77. The maximum Gasteiger partial charge on any atom is 0.0697 e. The van der Waals surface area contributed by atoms with Gasteiger partial charge in [-0.2, -0.15) is 0 Å². The Morgan fingerprint density at radius 2 is 1.88 bits per heavy atom. The highest BCUT2D eigenvalue weighted by Gasteiger charge is 2.12. The highest BCUT2D eigenvalue weighted by Crippen LogP contribution is 2.25. The van der Waals surface area contributed by atoms with Crippen molar-refractivity contribution >= 4 is 0 Å². The van der Waals surface area contributed by atoms with Crippen molar-refractivity contribution in [2.75, 3.05) is 32.9 Å². The number of aliphatic hydroxyl groups excluding tert-OH is 1. The molecule has 96 valence electrons. The van der Waals surface area contributed by atoms with Crippen molar-refractivity contribution in [1.82, 2.24) is 5.32 Å². The Labute approximate surface area is 99.6 Å². The summed E-state index contributed by atoms with van der Waals surface area (Å²) in [6, 6.07) is 0. The molecule has 1 aliphatic carbocycles. The van der Waals surface area contributed by atoms with E-state index < -0.39 is 0 Å². The summed E-state index contributed by atoms with van der Waals surface area (Å²) in [6.45, 7) is 3.57. The van der Waals surface area contributed by atoms with Crippen LogP contribution in [0.3, 0.4) is 0 Å². The molecule has 0 atom stereocenters. The number of nitrogens with one attached hydrogen (secondary N) is 1. The van der Waals surface area contributed by atoms with Crippen molar-refractivity contribution < 1.29 is 9.84 Å². The van der Waals surface area contributed by atoms with Gasteiger partial charge in [0.25, 0.3) is 0 Å². The molecular formula is C13H27NO2. The Hall–Kier alpha value is -0.120. The van der Waals surface area contributed by atoms with Crippen LogP contribution in [-0.2, 0) is 4.74 Å². The van der Waals surface area contributed by atoms with Gasteiger partial charge in [0, 0.05) is 6.61 Å². The second-order valence-corrected chi connectivity index (χ2v) is 4.73. The molecular weight excluding hydrogens is 202 g/mol. The van der Waals surface area contributed by atoms with E-state index in [9.17, 15) is 0 Å². The van der Waals surface area contributed by atoms with E-state index >= 15 is 0 Å². The van der Waals surface area contributed by atoms with Gasteiger partial charge in [-0.05, 0) is 31.8 Å². The largest absolute Gasteiger partial charge is 0.394 e. The first-order valence-electron chi connectivity index (χ1n) is 6.83. The molecule has 0 radical (unpaired) electrons. The van der Waals surface area contributed by atoms with Crippen molar-refractivity contribution in [2.45, 2.75) is 44.9 Å². The van der Waals surface area contributed by atoms with Crippen LogP contribution >= 0.6 is 0 Å². The molecule has 0 spiro atoms. The predicted molar refractivity (Wildman–Crippen MR) is 66.6 cm³/mol. The van der Waals surface area contributed by atoms with Crippen LogP contribution in [0.15, 0.2) is 0 Å². The minimum Gasteiger partial charge on any atom is -0.394 e. The van der Waals surface area contributed by atoms with Gasteiger partial charge < -0.3 is 15.2 Å². The highest BCUT2D eigenvalue weighted by molar-refractivity contribution is 4.66. The second-order valence-electron chi connectivity index (χ2n) is 4.73. The maximum atomic E-state index is 8.51.